The maximum Gasteiger partial charge on any atom is 0.417 e. The van der Waals surface area contributed by atoms with Gasteiger partial charge in [-0.3, -0.25) is 9.78 Å². The number of nitrogens with zero attached hydrogens (tertiary/aromatic N) is 1. The number of piperidine rings is 1. The van der Waals surface area contributed by atoms with Crippen LogP contribution in [0.3, 0.4) is 0 Å². The highest BCUT2D eigenvalue weighted by Crippen LogP contribution is 2.26. The summed E-state index contributed by atoms with van der Waals surface area (Å²) in [6.45, 7) is 2.15. The van der Waals surface area contributed by atoms with Crippen LogP contribution in [0.1, 0.15) is 23.2 Å². The number of aromatic nitrogens is 1. The Balaban J connectivity index is 1.31. The van der Waals surface area contributed by atoms with Crippen molar-refractivity contribution < 1.29 is 13.6 Å². The number of amides is 1. The summed E-state index contributed by atoms with van der Waals surface area (Å²) in [5, 5.41) is 3.07. The van der Waals surface area contributed by atoms with Gasteiger partial charge in [-0.25, -0.2) is 9.18 Å². The first-order valence-electron chi connectivity index (χ1n) is 9.10. The van der Waals surface area contributed by atoms with Crippen LogP contribution in [0.25, 0.3) is 11.1 Å². The standard InChI is InChI=1S/C20H19ClFN3O3/c21-15-3-2-14(10-16(15)22)25-7-5-12(6-8-25)11-23-19(26)13-1-4-17-18(9-13)28-20(27)24-17/h1-4,9-10,12H,5-8,11H2,(H,23,26)(H,24,27). The van der Waals surface area contributed by atoms with Crippen molar-refractivity contribution in [3.63, 3.8) is 0 Å². The second kappa shape index (κ2) is 7.67. The van der Waals surface area contributed by atoms with Gasteiger partial charge in [0.05, 0.1) is 10.5 Å². The molecule has 0 aliphatic carbocycles. The van der Waals surface area contributed by atoms with Crippen molar-refractivity contribution in [1.29, 1.82) is 0 Å². The van der Waals surface area contributed by atoms with Gasteiger partial charge in [0.15, 0.2) is 5.58 Å². The van der Waals surface area contributed by atoms with Gasteiger partial charge in [0, 0.05) is 30.9 Å². The summed E-state index contributed by atoms with van der Waals surface area (Å²) < 4.78 is 18.6. The van der Waals surface area contributed by atoms with E-state index in [4.69, 9.17) is 16.0 Å². The molecular formula is C20H19ClFN3O3. The summed E-state index contributed by atoms with van der Waals surface area (Å²) in [7, 11) is 0. The molecule has 0 spiro atoms. The van der Waals surface area contributed by atoms with Gasteiger partial charge in [-0.2, -0.15) is 0 Å². The fourth-order valence-electron chi connectivity index (χ4n) is 3.50. The minimum atomic E-state index is -0.542. The molecule has 1 aromatic heterocycles. The van der Waals surface area contributed by atoms with Crippen molar-refractivity contribution in [3.8, 4) is 0 Å². The zero-order valence-corrected chi connectivity index (χ0v) is 15.8. The number of carbonyl (C=O) groups is 1. The molecular weight excluding hydrogens is 385 g/mol. The molecule has 1 aliphatic heterocycles. The third-order valence-corrected chi connectivity index (χ3v) is 5.42. The minimum Gasteiger partial charge on any atom is -0.408 e. The molecule has 2 aromatic carbocycles. The van der Waals surface area contributed by atoms with E-state index in [1.165, 1.54) is 6.07 Å². The van der Waals surface area contributed by atoms with Crippen molar-refractivity contribution in [2.24, 2.45) is 5.92 Å². The molecule has 2 heterocycles. The molecule has 0 saturated carbocycles. The molecule has 3 aromatic rings. The Bertz CT molecular complexity index is 1070. The molecule has 0 unspecified atom stereocenters. The number of hydrogen-bond donors (Lipinski definition) is 2. The molecule has 146 valence electrons. The maximum atomic E-state index is 13.6. The van der Waals surface area contributed by atoms with Crippen molar-refractivity contribution in [2.75, 3.05) is 24.5 Å². The highest BCUT2D eigenvalue weighted by Gasteiger charge is 2.21. The lowest BCUT2D eigenvalue weighted by atomic mass is 9.96. The quantitative estimate of drug-likeness (QED) is 0.698. The summed E-state index contributed by atoms with van der Waals surface area (Å²) in [5.41, 5.74) is 2.20. The lowest BCUT2D eigenvalue weighted by Gasteiger charge is -2.33. The zero-order chi connectivity index (χ0) is 19.7. The van der Waals surface area contributed by atoms with Crippen molar-refractivity contribution in [1.82, 2.24) is 10.3 Å². The summed E-state index contributed by atoms with van der Waals surface area (Å²) in [4.78, 5) is 28.3. The highest BCUT2D eigenvalue weighted by atomic mass is 35.5. The summed E-state index contributed by atoms with van der Waals surface area (Å²) in [6.07, 6.45) is 1.80. The number of aromatic amines is 1. The Hall–Kier alpha value is -2.80. The van der Waals surface area contributed by atoms with E-state index >= 15 is 0 Å². The fourth-order valence-corrected chi connectivity index (χ4v) is 3.62. The summed E-state index contributed by atoms with van der Waals surface area (Å²) in [6, 6.07) is 9.71. The SMILES string of the molecule is O=C(NCC1CCN(c2ccc(Cl)c(F)c2)CC1)c1ccc2[nH]c(=O)oc2c1. The molecule has 1 aliphatic rings. The van der Waals surface area contributed by atoms with Gasteiger partial charge in [0.2, 0.25) is 0 Å². The van der Waals surface area contributed by atoms with Crippen LogP contribution in [-0.4, -0.2) is 30.5 Å². The van der Waals surface area contributed by atoms with E-state index in [2.05, 4.69) is 15.2 Å². The number of fused-ring (bicyclic) bond motifs is 1. The van der Waals surface area contributed by atoms with Crippen molar-refractivity contribution in [3.05, 3.63) is 63.4 Å². The van der Waals surface area contributed by atoms with Gasteiger partial charge < -0.3 is 14.6 Å². The summed E-state index contributed by atoms with van der Waals surface area (Å²) >= 11 is 5.74. The number of benzene rings is 2. The molecule has 0 atom stereocenters. The number of H-pyrrole nitrogens is 1. The Kier molecular flexibility index (Phi) is 5.09. The molecule has 28 heavy (non-hydrogen) atoms. The molecule has 4 rings (SSSR count). The van der Waals surface area contributed by atoms with E-state index < -0.39 is 11.6 Å². The highest BCUT2D eigenvalue weighted by molar-refractivity contribution is 6.30. The number of oxazole rings is 1. The number of anilines is 1. The smallest absolute Gasteiger partial charge is 0.408 e. The molecule has 1 saturated heterocycles. The predicted molar refractivity (Wildman–Crippen MR) is 106 cm³/mol. The number of nitrogens with one attached hydrogen (secondary N) is 2. The average Bonchev–Trinajstić information content (AvgIpc) is 3.08. The molecule has 6 nitrogen and oxygen atoms in total. The first-order chi connectivity index (χ1) is 13.5. The van der Waals surface area contributed by atoms with E-state index in [1.54, 1.807) is 24.3 Å². The van der Waals surface area contributed by atoms with Gasteiger partial charge in [0.1, 0.15) is 5.82 Å². The Morgan fingerprint density at radius 1 is 1.25 bits per heavy atom. The second-order valence-electron chi connectivity index (χ2n) is 6.96. The Morgan fingerprint density at radius 2 is 2.04 bits per heavy atom. The minimum absolute atomic E-state index is 0.124. The van der Waals surface area contributed by atoms with E-state index in [-0.39, 0.29) is 10.9 Å². The van der Waals surface area contributed by atoms with Crippen molar-refractivity contribution >= 4 is 34.3 Å². The predicted octanol–water partition coefficient (Wildman–Crippen LogP) is 3.56. The van der Waals surface area contributed by atoms with Gasteiger partial charge in [0.25, 0.3) is 5.91 Å². The topological polar surface area (TPSA) is 78.3 Å². The maximum absolute atomic E-state index is 13.6. The van der Waals surface area contributed by atoms with E-state index in [9.17, 15) is 14.0 Å². The average molecular weight is 404 g/mol. The number of rotatable bonds is 4. The molecule has 1 fully saturated rings. The third-order valence-electron chi connectivity index (χ3n) is 5.12. The van der Waals surface area contributed by atoms with Gasteiger partial charge in [-0.15, -0.1) is 0 Å². The zero-order valence-electron chi connectivity index (χ0n) is 15.0. The van der Waals surface area contributed by atoms with E-state index in [0.717, 1.165) is 31.6 Å². The first kappa shape index (κ1) is 18.6. The Labute approximate surface area is 165 Å². The van der Waals surface area contributed by atoms with Crippen LogP contribution in [-0.2, 0) is 0 Å². The lowest BCUT2D eigenvalue weighted by Crippen LogP contribution is -2.38. The van der Waals surface area contributed by atoms with Crippen LogP contribution in [0.5, 0.6) is 0 Å². The second-order valence-corrected chi connectivity index (χ2v) is 7.37. The van der Waals surface area contributed by atoms with Crippen LogP contribution in [0.15, 0.2) is 45.6 Å². The van der Waals surface area contributed by atoms with Gasteiger partial charge in [-0.05, 0) is 55.2 Å². The van der Waals surface area contributed by atoms with E-state index in [1.807, 2.05) is 6.07 Å². The normalized spacial score (nSPS) is 15.1. The molecule has 8 heteroatoms. The number of halogens is 2. The van der Waals surface area contributed by atoms with Crippen LogP contribution < -0.4 is 16.0 Å². The number of hydrogen-bond acceptors (Lipinski definition) is 4. The molecule has 1 amide bonds. The first-order valence-corrected chi connectivity index (χ1v) is 9.48. The Morgan fingerprint density at radius 3 is 2.79 bits per heavy atom. The van der Waals surface area contributed by atoms with E-state index in [0.29, 0.717) is 29.1 Å². The third kappa shape index (κ3) is 3.89. The van der Waals surface area contributed by atoms with Crippen LogP contribution in [0, 0.1) is 11.7 Å². The van der Waals surface area contributed by atoms with Crippen LogP contribution >= 0.6 is 11.6 Å². The van der Waals surface area contributed by atoms with Gasteiger partial charge in [-0.1, -0.05) is 11.6 Å². The molecule has 2 N–H and O–H groups in total. The summed E-state index contributed by atoms with van der Waals surface area (Å²) in [5.74, 6) is -0.803. The van der Waals surface area contributed by atoms with Gasteiger partial charge >= 0.3 is 5.76 Å². The largest absolute Gasteiger partial charge is 0.417 e. The van der Waals surface area contributed by atoms with Crippen molar-refractivity contribution in [2.45, 2.75) is 12.8 Å². The molecule has 0 bridgehead atoms. The van der Waals surface area contributed by atoms with Crippen LogP contribution in [0.4, 0.5) is 10.1 Å². The fraction of sp³-hybridized carbons (Fsp3) is 0.300. The van der Waals surface area contributed by atoms with Crippen LogP contribution in [0.2, 0.25) is 5.02 Å². The number of carbonyl (C=O) groups excluding carboxylic acids is 1. The monoisotopic (exact) mass is 403 g/mol. The lowest BCUT2D eigenvalue weighted by molar-refractivity contribution is 0.0945. The molecule has 0 radical (unpaired) electrons.